The summed E-state index contributed by atoms with van der Waals surface area (Å²) in [5.41, 5.74) is 5.64. The molecular weight excluding hydrogens is 191 g/mol. The molecule has 0 unspecified atom stereocenters. The van der Waals surface area contributed by atoms with Crippen LogP contribution in [-0.2, 0) is 6.42 Å². The van der Waals surface area contributed by atoms with Crippen molar-refractivity contribution in [1.82, 2.24) is 0 Å². The van der Waals surface area contributed by atoms with E-state index >= 15 is 0 Å². The summed E-state index contributed by atoms with van der Waals surface area (Å²) in [6.45, 7) is 1.78. The summed E-state index contributed by atoms with van der Waals surface area (Å²) in [6, 6.07) is 2.09. The molecule has 1 atom stereocenters. The number of hydrogen-bond acceptors (Lipinski definition) is 1. The van der Waals surface area contributed by atoms with Crippen LogP contribution in [0.2, 0.25) is 0 Å². The molecule has 0 fully saturated rings. The molecule has 1 aromatic carbocycles. The third-order valence-electron chi connectivity index (χ3n) is 1.98. The molecule has 0 radical (unpaired) electrons. The quantitative estimate of drug-likeness (QED) is 0.750. The monoisotopic (exact) mass is 203 g/mol. The van der Waals surface area contributed by atoms with Gasteiger partial charge in [-0.1, -0.05) is 6.07 Å². The van der Waals surface area contributed by atoms with Gasteiger partial charge in [-0.3, -0.25) is 0 Å². The van der Waals surface area contributed by atoms with Crippen LogP contribution >= 0.6 is 0 Å². The molecular formula is C10H12F3N. The number of halogens is 3. The Labute approximate surface area is 80.7 Å². The summed E-state index contributed by atoms with van der Waals surface area (Å²) in [7, 11) is 0. The highest BCUT2D eigenvalue weighted by Gasteiger charge is 2.12. The molecule has 14 heavy (non-hydrogen) atoms. The van der Waals surface area contributed by atoms with E-state index in [1.807, 2.05) is 0 Å². The van der Waals surface area contributed by atoms with Crippen LogP contribution in [0.5, 0.6) is 0 Å². The molecule has 0 aromatic heterocycles. The van der Waals surface area contributed by atoms with Crippen LogP contribution < -0.4 is 5.73 Å². The lowest BCUT2D eigenvalue weighted by Crippen LogP contribution is -2.15. The van der Waals surface area contributed by atoms with E-state index in [4.69, 9.17) is 5.73 Å². The highest BCUT2D eigenvalue weighted by Crippen LogP contribution is 2.16. The van der Waals surface area contributed by atoms with Gasteiger partial charge in [0.15, 0.2) is 17.5 Å². The van der Waals surface area contributed by atoms with Gasteiger partial charge >= 0.3 is 0 Å². The molecule has 0 amide bonds. The Morgan fingerprint density at radius 3 is 2.43 bits per heavy atom. The van der Waals surface area contributed by atoms with Crippen LogP contribution in [0.25, 0.3) is 0 Å². The van der Waals surface area contributed by atoms with E-state index in [2.05, 4.69) is 0 Å². The van der Waals surface area contributed by atoms with Crippen molar-refractivity contribution < 1.29 is 13.2 Å². The van der Waals surface area contributed by atoms with Crippen molar-refractivity contribution in [2.75, 3.05) is 0 Å². The minimum Gasteiger partial charge on any atom is -0.328 e. The number of benzene rings is 1. The van der Waals surface area contributed by atoms with E-state index in [1.165, 1.54) is 6.07 Å². The highest BCUT2D eigenvalue weighted by atomic mass is 19.2. The van der Waals surface area contributed by atoms with Crippen molar-refractivity contribution >= 4 is 0 Å². The maximum Gasteiger partial charge on any atom is 0.194 e. The van der Waals surface area contributed by atoms with E-state index in [0.29, 0.717) is 12.8 Å². The SMILES string of the molecule is C[C@H](N)CCc1ccc(F)c(F)c1F. The van der Waals surface area contributed by atoms with Crippen molar-refractivity contribution in [2.45, 2.75) is 25.8 Å². The first-order chi connectivity index (χ1) is 6.52. The molecule has 0 saturated carbocycles. The fourth-order valence-corrected chi connectivity index (χ4v) is 1.14. The third-order valence-corrected chi connectivity index (χ3v) is 1.98. The van der Waals surface area contributed by atoms with Gasteiger partial charge in [-0.15, -0.1) is 0 Å². The molecule has 1 rings (SSSR count). The van der Waals surface area contributed by atoms with Gasteiger partial charge in [0.05, 0.1) is 0 Å². The standard InChI is InChI=1S/C10H12F3N/c1-6(14)2-3-7-4-5-8(11)10(13)9(7)12/h4-6H,2-3,14H2,1H3/t6-/m0/s1. The lowest BCUT2D eigenvalue weighted by atomic mass is 10.1. The van der Waals surface area contributed by atoms with Crippen molar-refractivity contribution in [3.05, 3.63) is 35.1 Å². The summed E-state index contributed by atoms with van der Waals surface area (Å²) >= 11 is 0. The molecule has 78 valence electrons. The Bertz CT molecular complexity index is 323. The maximum atomic E-state index is 13.1. The predicted octanol–water partition coefficient (Wildman–Crippen LogP) is 2.38. The fraction of sp³-hybridized carbons (Fsp3) is 0.400. The molecule has 0 bridgehead atoms. The average molecular weight is 203 g/mol. The summed E-state index contributed by atoms with van der Waals surface area (Å²) in [4.78, 5) is 0. The van der Waals surface area contributed by atoms with Gasteiger partial charge in [-0.25, -0.2) is 13.2 Å². The van der Waals surface area contributed by atoms with Gasteiger partial charge < -0.3 is 5.73 Å². The van der Waals surface area contributed by atoms with E-state index in [0.717, 1.165) is 6.07 Å². The van der Waals surface area contributed by atoms with E-state index in [-0.39, 0.29) is 11.6 Å². The Morgan fingerprint density at radius 1 is 1.21 bits per heavy atom. The van der Waals surface area contributed by atoms with E-state index in [9.17, 15) is 13.2 Å². The van der Waals surface area contributed by atoms with Crippen molar-refractivity contribution in [3.63, 3.8) is 0 Å². The zero-order valence-electron chi connectivity index (χ0n) is 7.86. The lowest BCUT2D eigenvalue weighted by molar-refractivity contribution is 0.439. The zero-order valence-corrected chi connectivity index (χ0v) is 7.86. The van der Waals surface area contributed by atoms with Crippen LogP contribution in [0.4, 0.5) is 13.2 Å². The summed E-state index contributed by atoms with van der Waals surface area (Å²) in [5.74, 6) is -3.68. The Morgan fingerprint density at radius 2 is 1.86 bits per heavy atom. The molecule has 0 aliphatic rings. The summed E-state index contributed by atoms with van der Waals surface area (Å²) < 4.78 is 38.3. The number of aryl methyl sites for hydroxylation is 1. The number of hydrogen-bond donors (Lipinski definition) is 1. The first-order valence-corrected chi connectivity index (χ1v) is 4.40. The third kappa shape index (κ3) is 2.48. The minimum absolute atomic E-state index is 0.0810. The van der Waals surface area contributed by atoms with Crippen molar-refractivity contribution in [3.8, 4) is 0 Å². The van der Waals surface area contributed by atoms with Gasteiger partial charge in [0.2, 0.25) is 0 Å². The maximum absolute atomic E-state index is 13.1. The molecule has 0 spiro atoms. The van der Waals surface area contributed by atoms with Crippen LogP contribution in [0.3, 0.4) is 0 Å². The Hall–Kier alpha value is -1.03. The van der Waals surface area contributed by atoms with Gasteiger partial charge in [0.25, 0.3) is 0 Å². The Balaban J connectivity index is 2.83. The first-order valence-electron chi connectivity index (χ1n) is 4.40. The van der Waals surface area contributed by atoms with Gasteiger partial charge in [-0.2, -0.15) is 0 Å². The molecule has 0 saturated heterocycles. The molecule has 1 nitrogen and oxygen atoms in total. The van der Waals surface area contributed by atoms with Crippen LogP contribution in [0.15, 0.2) is 12.1 Å². The number of rotatable bonds is 3. The first kappa shape index (κ1) is 11.0. The van der Waals surface area contributed by atoms with Crippen LogP contribution in [-0.4, -0.2) is 6.04 Å². The highest BCUT2D eigenvalue weighted by molar-refractivity contribution is 5.20. The molecule has 2 N–H and O–H groups in total. The summed E-state index contributed by atoms with van der Waals surface area (Å²) in [5, 5.41) is 0. The van der Waals surface area contributed by atoms with Gasteiger partial charge in [0.1, 0.15) is 0 Å². The second-order valence-electron chi connectivity index (χ2n) is 3.35. The normalized spacial score (nSPS) is 12.9. The Kier molecular flexibility index (Phi) is 3.52. The minimum atomic E-state index is -1.41. The zero-order chi connectivity index (χ0) is 10.7. The molecule has 4 heteroatoms. The summed E-state index contributed by atoms with van der Waals surface area (Å²) in [6.07, 6.45) is 0.864. The second kappa shape index (κ2) is 4.46. The average Bonchev–Trinajstić information content (AvgIpc) is 2.13. The predicted molar refractivity (Wildman–Crippen MR) is 48.3 cm³/mol. The van der Waals surface area contributed by atoms with Gasteiger partial charge in [0, 0.05) is 6.04 Å². The second-order valence-corrected chi connectivity index (χ2v) is 3.35. The van der Waals surface area contributed by atoms with E-state index in [1.54, 1.807) is 6.92 Å². The van der Waals surface area contributed by atoms with Crippen LogP contribution in [0.1, 0.15) is 18.9 Å². The van der Waals surface area contributed by atoms with E-state index < -0.39 is 17.5 Å². The lowest BCUT2D eigenvalue weighted by Gasteiger charge is -2.06. The van der Waals surface area contributed by atoms with Gasteiger partial charge in [-0.05, 0) is 31.4 Å². The largest absolute Gasteiger partial charge is 0.328 e. The molecule has 1 aromatic rings. The van der Waals surface area contributed by atoms with Crippen LogP contribution in [0, 0.1) is 17.5 Å². The molecule has 0 heterocycles. The molecule has 0 aliphatic heterocycles. The topological polar surface area (TPSA) is 26.0 Å². The van der Waals surface area contributed by atoms with Crippen molar-refractivity contribution in [1.29, 1.82) is 0 Å². The smallest absolute Gasteiger partial charge is 0.194 e. The van der Waals surface area contributed by atoms with Crippen molar-refractivity contribution in [2.24, 2.45) is 5.73 Å². The fourth-order valence-electron chi connectivity index (χ4n) is 1.14. The molecule has 0 aliphatic carbocycles. The number of nitrogens with two attached hydrogens (primary N) is 1.